The number of rotatable bonds is 3. The lowest BCUT2D eigenvalue weighted by Gasteiger charge is -2.33. The first kappa shape index (κ1) is 10.5. The molecule has 76 valence electrons. The molecule has 1 atom stereocenters. The van der Waals surface area contributed by atoms with E-state index in [0.29, 0.717) is 18.5 Å². The molecule has 0 saturated carbocycles. The van der Waals surface area contributed by atoms with Crippen LogP contribution < -0.4 is 5.32 Å². The summed E-state index contributed by atoms with van der Waals surface area (Å²) in [4.78, 5) is 13.3. The molecule has 0 aliphatic carbocycles. The Bertz CT molecular complexity index is 180. The van der Waals surface area contributed by atoms with Crippen LogP contribution in [0.1, 0.15) is 27.2 Å². The fourth-order valence-corrected chi connectivity index (χ4v) is 1.81. The van der Waals surface area contributed by atoms with Crippen LogP contribution in [-0.2, 0) is 4.79 Å². The second-order valence-electron chi connectivity index (χ2n) is 4.14. The van der Waals surface area contributed by atoms with Crippen LogP contribution in [0.4, 0.5) is 0 Å². The second kappa shape index (κ2) is 4.61. The first-order valence-electron chi connectivity index (χ1n) is 5.14. The summed E-state index contributed by atoms with van der Waals surface area (Å²) < 4.78 is 0. The third kappa shape index (κ3) is 2.99. The lowest BCUT2D eigenvalue weighted by molar-refractivity contribution is -0.132. The molecule has 1 fully saturated rings. The normalized spacial score (nSPS) is 24.2. The zero-order valence-corrected chi connectivity index (χ0v) is 8.84. The minimum Gasteiger partial charge on any atom is -0.340 e. The zero-order chi connectivity index (χ0) is 9.84. The Balaban J connectivity index is 2.40. The van der Waals surface area contributed by atoms with E-state index in [1.165, 1.54) is 0 Å². The maximum absolute atomic E-state index is 11.3. The van der Waals surface area contributed by atoms with Gasteiger partial charge in [-0.05, 0) is 19.3 Å². The third-order valence-corrected chi connectivity index (χ3v) is 2.47. The lowest BCUT2D eigenvalue weighted by Crippen LogP contribution is -2.54. The van der Waals surface area contributed by atoms with Crippen LogP contribution in [0.2, 0.25) is 0 Å². The summed E-state index contributed by atoms with van der Waals surface area (Å²) in [5.74, 6) is 0.937. The molecule has 1 N–H and O–H groups in total. The van der Waals surface area contributed by atoms with Crippen molar-refractivity contribution in [2.45, 2.75) is 33.2 Å². The van der Waals surface area contributed by atoms with E-state index in [4.69, 9.17) is 0 Å². The van der Waals surface area contributed by atoms with Crippen molar-refractivity contribution in [2.75, 3.05) is 19.6 Å². The molecule has 0 spiro atoms. The largest absolute Gasteiger partial charge is 0.340 e. The van der Waals surface area contributed by atoms with Gasteiger partial charge in [-0.15, -0.1) is 0 Å². The van der Waals surface area contributed by atoms with E-state index in [2.05, 4.69) is 19.2 Å². The summed E-state index contributed by atoms with van der Waals surface area (Å²) in [6.45, 7) is 8.71. The summed E-state index contributed by atoms with van der Waals surface area (Å²) in [6, 6.07) is 0.498. The van der Waals surface area contributed by atoms with E-state index in [1.807, 2.05) is 11.8 Å². The number of likely N-dealkylation sites (N-methyl/N-ethyl adjacent to an activating group) is 1. The van der Waals surface area contributed by atoms with E-state index in [1.54, 1.807) is 0 Å². The maximum atomic E-state index is 11.3. The Hall–Kier alpha value is -0.570. The molecule has 1 amide bonds. The molecule has 13 heavy (non-hydrogen) atoms. The Labute approximate surface area is 80.5 Å². The number of nitrogens with zero attached hydrogens (tertiary/aromatic N) is 1. The summed E-state index contributed by atoms with van der Waals surface area (Å²) in [7, 11) is 0. The van der Waals surface area contributed by atoms with Gasteiger partial charge in [-0.3, -0.25) is 4.79 Å². The van der Waals surface area contributed by atoms with Crippen LogP contribution in [0, 0.1) is 5.92 Å². The maximum Gasteiger partial charge on any atom is 0.236 e. The number of nitrogens with one attached hydrogen (secondary N) is 1. The van der Waals surface area contributed by atoms with Crippen molar-refractivity contribution < 1.29 is 4.79 Å². The van der Waals surface area contributed by atoms with Gasteiger partial charge in [0.2, 0.25) is 5.91 Å². The van der Waals surface area contributed by atoms with Crippen LogP contribution in [-0.4, -0.2) is 36.5 Å². The van der Waals surface area contributed by atoms with Crippen molar-refractivity contribution in [3.05, 3.63) is 0 Å². The minimum atomic E-state index is 0.238. The Morgan fingerprint density at radius 2 is 2.31 bits per heavy atom. The van der Waals surface area contributed by atoms with E-state index in [0.717, 1.165) is 19.5 Å². The molecule has 0 unspecified atom stereocenters. The van der Waals surface area contributed by atoms with E-state index in [9.17, 15) is 4.79 Å². The molecule has 0 radical (unpaired) electrons. The molecule has 3 nitrogen and oxygen atoms in total. The van der Waals surface area contributed by atoms with Crippen molar-refractivity contribution in [1.29, 1.82) is 0 Å². The number of carbonyl (C=O) groups is 1. The Kier molecular flexibility index (Phi) is 3.72. The summed E-state index contributed by atoms with van der Waals surface area (Å²) in [6.07, 6.45) is 1.16. The molecule has 0 aromatic carbocycles. The number of hydrogen-bond donors (Lipinski definition) is 1. The predicted molar refractivity (Wildman–Crippen MR) is 53.5 cm³/mol. The van der Waals surface area contributed by atoms with E-state index < -0.39 is 0 Å². The lowest BCUT2D eigenvalue weighted by atomic mass is 10.0. The first-order valence-corrected chi connectivity index (χ1v) is 5.14. The van der Waals surface area contributed by atoms with Gasteiger partial charge in [0, 0.05) is 19.1 Å². The van der Waals surface area contributed by atoms with Crippen LogP contribution >= 0.6 is 0 Å². The monoisotopic (exact) mass is 184 g/mol. The molecule has 1 rings (SSSR count). The fourth-order valence-electron chi connectivity index (χ4n) is 1.81. The molecule has 1 aliphatic rings. The SMILES string of the molecule is CCN1C[C@H](CC(C)C)NCC1=O. The molecule has 0 aromatic heterocycles. The third-order valence-electron chi connectivity index (χ3n) is 2.47. The van der Waals surface area contributed by atoms with Gasteiger partial charge < -0.3 is 10.2 Å². The molecule has 0 bridgehead atoms. The topological polar surface area (TPSA) is 32.3 Å². The quantitative estimate of drug-likeness (QED) is 0.705. The average Bonchev–Trinajstić information content (AvgIpc) is 2.07. The highest BCUT2D eigenvalue weighted by Crippen LogP contribution is 2.09. The molecule has 1 heterocycles. The van der Waals surface area contributed by atoms with Gasteiger partial charge in [0.1, 0.15) is 0 Å². The molecular weight excluding hydrogens is 164 g/mol. The predicted octanol–water partition coefficient (Wildman–Crippen LogP) is 0.853. The number of carbonyl (C=O) groups excluding carboxylic acids is 1. The van der Waals surface area contributed by atoms with Crippen molar-refractivity contribution in [3.63, 3.8) is 0 Å². The molecule has 3 heteroatoms. The highest BCUT2D eigenvalue weighted by atomic mass is 16.2. The summed E-state index contributed by atoms with van der Waals surface area (Å²) in [5.41, 5.74) is 0. The van der Waals surface area contributed by atoms with Crippen molar-refractivity contribution in [1.82, 2.24) is 10.2 Å². The van der Waals surface area contributed by atoms with Crippen LogP contribution in [0.25, 0.3) is 0 Å². The average molecular weight is 184 g/mol. The number of amides is 1. The number of hydrogen-bond acceptors (Lipinski definition) is 2. The molecular formula is C10H20N2O. The van der Waals surface area contributed by atoms with Crippen LogP contribution in [0.3, 0.4) is 0 Å². The Morgan fingerprint density at radius 3 is 2.85 bits per heavy atom. The van der Waals surface area contributed by atoms with Gasteiger partial charge in [-0.2, -0.15) is 0 Å². The minimum absolute atomic E-state index is 0.238. The van der Waals surface area contributed by atoms with Gasteiger partial charge in [0.15, 0.2) is 0 Å². The zero-order valence-electron chi connectivity index (χ0n) is 8.84. The highest BCUT2D eigenvalue weighted by Gasteiger charge is 2.23. The highest BCUT2D eigenvalue weighted by molar-refractivity contribution is 5.79. The summed E-state index contributed by atoms with van der Waals surface area (Å²) in [5, 5.41) is 3.27. The van der Waals surface area contributed by atoms with Gasteiger partial charge in [-0.25, -0.2) is 0 Å². The number of piperazine rings is 1. The summed E-state index contributed by atoms with van der Waals surface area (Å²) >= 11 is 0. The van der Waals surface area contributed by atoms with Gasteiger partial charge in [0.25, 0.3) is 0 Å². The molecule has 1 aliphatic heterocycles. The second-order valence-corrected chi connectivity index (χ2v) is 4.14. The van der Waals surface area contributed by atoms with Crippen LogP contribution in [0.5, 0.6) is 0 Å². The van der Waals surface area contributed by atoms with Crippen molar-refractivity contribution in [2.24, 2.45) is 5.92 Å². The first-order chi connectivity index (χ1) is 6.13. The van der Waals surface area contributed by atoms with Crippen LogP contribution in [0.15, 0.2) is 0 Å². The van der Waals surface area contributed by atoms with Gasteiger partial charge in [0.05, 0.1) is 6.54 Å². The molecule has 0 aromatic rings. The van der Waals surface area contributed by atoms with Gasteiger partial charge in [-0.1, -0.05) is 13.8 Å². The Morgan fingerprint density at radius 1 is 1.62 bits per heavy atom. The smallest absolute Gasteiger partial charge is 0.236 e. The standard InChI is InChI=1S/C10H20N2O/c1-4-12-7-9(5-8(2)3)11-6-10(12)13/h8-9,11H,4-7H2,1-3H3/t9-/m0/s1. The van der Waals surface area contributed by atoms with E-state index in [-0.39, 0.29) is 5.91 Å². The van der Waals surface area contributed by atoms with E-state index >= 15 is 0 Å². The van der Waals surface area contributed by atoms with Crippen molar-refractivity contribution in [3.8, 4) is 0 Å². The molecule has 1 saturated heterocycles. The van der Waals surface area contributed by atoms with Gasteiger partial charge >= 0.3 is 0 Å². The fraction of sp³-hybridized carbons (Fsp3) is 0.900. The van der Waals surface area contributed by atoms with Crippen molar-refractivity contribution >= 4 is 5.91 Å².